The van der Waals surface area contributed by atoms with Gasteiger partial charge in [0.05, 0.1) is 11.3 Å². The lowest BCUT2D eigenvalue weighted by Crippen LogP contribution is -2.17. The van der Waals surface area contributed by atoms with E-state index in [1.807, 2.05) is 0 Å². The average Bonchev–Trinajstić information content (AvgIpc) is 2.27. The topological polar surface area (TPSA) is 86.5 Å². The molecule has 100 valence electrons. The molecule has 0 aliphatic carbocycles. The Morgan fingerprint density at radius 3 is 2.61 bits per heavy atom. The SMILES string of the molecule is CCS(=O)(=O)CCOC(=O)c1cc(N)cc(F)c1. The fourth-order valence-corrected chi connectivity index (χ4v) is 1.85. The van der Waals surface area contributed by atoms with E-state index in [1.54, 1.807) is 0 Å². The van der Waals surface area contributed by atoms with Crippen LogP contribution < -0.4 is 5.73 Å². The number of ether oxygens (including phenoxy) is 1. The van der Waals surface area contributed by atoms with E-state index >= 15 is 0 Å². The van der Waals surface area contributed by atoms with E-state index in [4.69, 9.17) is 10.5 Å². The molecule has 0 bridgehead atoms. The Morgan fingerprint density at radius 1 is 1.39 bits per heavy atom. The van der Waals surface area contributed by atoms with Gasteiger partial charge in [-0.15, -0.1) is 0 Å². The molecule has 18 heavy (non-hydrogen) atoms. The molecule has 2 N–H and O–H groups in total. The molecule has 1 aromatic carbocycles. The van der Waals surface area contributed by atoms with Gasteiger partial charge in [-0.3, -0.25) is 0 Å². The highest BCUT2D eigenvalue weighted by Gasteiger charge is 2.12. The first-order chi connectivity index (χ1) is 8.34. The monoisotopic (exact) mass is 275 g/mol. The van der Waals surface area contributed by atoms with Crippen LogP contribution in [0.25, 0.3) is 0 Å². The highest BCUT2D eigenvalue weighted by Crippen LogP contribution is 2.11. The van der Waals surface area contributed by atoms with Gasteiger partial charge in [-0.25, -0.2) is 17.6 Å². The van der Waals surface area contributed by atoms with Crippen LogP contribution in [0.2, 0.25) is 0 Å². The molecule has 0 spiro atoms. The maximum absolute atomic E-state index is 13.0. The van der Waals surface area contributed by atoms with E-state index < -0.39 is 21.6 Å². The van der Waals surface area contributed by atoms with Crippen LogP contribution in [0.3, 0.4) is 0 Å². The van der Waals surface area contributed by atoms with Crippen molar-refractivity contribution in [1.82, 2.24) is 0 Å². The molecule has 0 aliphatic heterocycles. The number of hydrogen-bond donors (Lipinski definition) is 1. The van der Waals surface area contributed by atoms with Gasteiger partial charge in [0.15, 0.2) is 9.84 Å². The molecule has 0 radical (unpaired) electrons. The van der Waals surface area contributed by atoms with Crippen LogP contribution in [0.4, 0.5) is 10.1 Å². The minimum Gasteiger partial charge on any atom is -0.461 e. The third-order valence-corrected chi connectivity index (χ3v) is 3.89. The van der Waals surface area contributed by atoms with Gasteiger partial charge in [0.2, 0.25) is 0 Å². The van der Waals surface area contributed by atoms with E-state index in [-0.39, 0.29) is 29.4 Å². The van der Waals surface area contributed by atoms with E-state index in [0.29, 0.717) is 0 Å². The van der Waals surface area contributed by atoms with Crippen molar-refractivity contribution in [3.8, 4) is 0 Å². The van der Waals surface area contributed by atoms with Crippen LogP contribution in [-0.4, -0.2) is 32.5 Å². The summed E-state index contributed by atoms with van der Waals surface area (Å²) < 4.78 is 40.0. The largest absolute Gasteiger partial charge is 0.461 e. The van der Waals surface area contributed by atoms with Gasteiger partial charge in [0.25, 0.3) is 0 Å². The molecule has 0 fully saturated rings. The molecular formula is C11H14FNO4S. The fourth-order valence-electron chi connectivity index (χ4n) is 1.22. The second-order valence-corrected chi connectivity index (χ2v) is 6.12. The molecule has 7 heteroatoms. The highest BCUT2D eigenvalue weighted by molar-refractivity contribution is 7.91. The van der Waals surface area contributed by atoms with Crippen molar-refractivity contribution in [2.45, 2.75) is 6.92 Å². The molecule has 1 rings (SSSR count). The van der Waals surface area contributed by atoms with Gasteiger partial charge in [-0.2, -0.15) is 0 Å². The molecule has 0 aliphatic rings. The number of esters is 1. The number of carbonyl (C=O) groups is 1. The maximum atomic E-state index is 13.0. The number of nitrogen functional groups attached to an aromatic ring is 1. The Labute approximate surface area is 105 Å². The first-order valence-electron chi connectivity index (χ1n) is 5.27. The molecule has 0 amide bonds. The summed E-state index contributed by atoms with van der Waals surface area (Å²) in [7, 11) is -3.19. The second-order valence-electron chi connectivity index (χ2n) is 3.65. The number of sulfone groups is 1. The minimum atomic E-state index is -3.19. The standard InChI is InChI=1S/C11H14FNO4S/c1-2-18(15,16)4-3-17-11(14)8-5-9(12)7-10(13)6-8/h5-7H,2-4,13H2,1H3. The lowest BCUT2D eigenvalue weighted by Gasteiger charge is -2.05. The minimum absolute atomic E-state index is 0.0164. The fraction of sp³-hybridized carbons (Fsp3) is 0.364. The highest BCUT2D eigenvalue weighted by atomic mass is 32.2. The van der Waals surface area contributed by atoms with E-state index in [9.17, 15) is 17.6 Å². The molecule has 0 saturated carbocycles. The summed E-state index contributed by atoms with van der Waals surface area (Å²) in [6, 6.07) is 3.31. The number of halogens is 1. The summed E-state index contributed by atoms with van der Waals surface area (Å²) >= 11 is 0. The number of hydrogen-bond acceptors (Lipinski definition) is 5. The van der Waals surface area contributed by atoms with Crippen molar-refractivity contribution >= 4 is 21.5 Å². The first kappa shape index (κ1) is 14.4. The van der Waals surface area contributed by atoms with Gasteiger partial charge in [0, 0.05) is 11.4 Å². The summed E-state index contributed by atoms with van der Waals surface area (Å²) in [6.45, 7) is 1.25. The smallest absolute Gasteiger partial charge is 0.338 e. The van der Waals surface area contributed by atoms with Gasteiger partial charge >= 0.3 is 5.97 Å². The van der Waals surface area contributed by atoms with Crippen LogP contribution in [-0.2, 0) is 14.6 Å². The van der Waals surface area contributed by atoms with Crippen LogP contribution in [0.5, 0.6) is 0 Å². The Morgan fingerprint density at radius 2 is 2.06 bits per heavy atom. The Balaban J connectivity index is 2.61. The van der Waals surface area contributed by atoms with E-state index in [1.165, 1.54) is 13.0 Å². The molecule has 0 atom stereocenters. The van der Waals surface area contributed by atoms with Gasteiger partial charge in [0.1, 0.15) is 12.4 Å². The average molecular weight is 275 g/mol. The van der Waals surface area contributed by atoms with Crippen molar-refractivity contribution in [1.29, 1.82) is 0 Å². The van der Waals surface area contributed by atoms with Crippen LogP contribution >= 0.6 is 0 Å². The van der Waals surface area contributed by atoms with E-state index in [2.05, 4.69) is 0 Å². The normalized spacial score (nSPS) is 11.2. The van der Waals surface area contributed by atoms with Gasteiger partial charge in [-0.1, -0.05) is 6.92 Å². The van der Waals surface area contributed by atoms with Crippen molar-refractivity contribution in [3.63, 3.8) is 0 Å². The number of anilines is 1. The van der Waals surface area contributed by atoms with Crippen LogP contribution in [0, 0.1) is 5.82 Å². The quantitative estimate of drug-likeness (QED) is 0.640. The molecule has 0 unspecified atom stereocenters. The second kappa shape index (κ2) is 5.81. The zero-order valence-corrected chi connectivity index (χ0v) is 10.7. The molecule has 1 aromatic rings. The lowest BCUT2D eigenvalue weighted by atomic mass is 10.2. The number of rotatable bonds is 5. The van der Waals surface area contributed by atoms with Crippen molar-refractivity contribution < 1.29 is 22.3 Å². The number of benzene rings is 1. The summed E-state index contributed by atoms with van der Waals surface area (Å²) in [4.78, 5) is 11.5. The molecule has 5 nitrogen and oxygen atoms in total. The zero-order valence-electron chi connectivity index (χ0n) is 9.85. The van der Waals surface area contributed by atoms with Crippen molar-refractivity contribution in [2.24, 2.45) is 0 Å². The molecule has 0 saturated heterocycles. The van der Waals surface area contributed by atoms with Gasteiger partial charge in [-0.05, 0) is 18.2 Å². The lowest BCUT2D eigenvalue weighted by molar-refractivity contribution is 0.0528. The predicted octanol–water partition coefficient (Wildman–Crippen LogP) is 0.999. The number of carbonyl (C=O) groups excluding carboxylic acids is 1. The summed E-state index contributed by atoms with van der Waals surface area (Å²) in [5, 5.41) is 0. The Kier molecular flexibility index (Phi) is 4.66. The molecule has 0 heterocycles. The Hall–Kier alpha value is -1.63. The molecular weight excluding hydrogens is 261 g/mol. The van der Waals surface area contributed by atoms with Crippen molar-refractivity contribution in [2.75, 3.05) is 23.8 Å². The third kappa shape index (κ3) is 4.33. The Bertz CT molecular complexity index is 522. The van der Waals surface area contributed by atoms with Crippen LogP contribution in [0.15, 0.2) is 18.2 Å². The first-order valence-corrected chi connectivity index (χ1v) is 7.10. The van der Waals surface area contributed by atoms with Gasteiger partial charge < -0.3 is 10.5 Å². The summed E-state index contributed by atoms with van der Waals surface area (Å²) in [5.41, 5.74) is 5.43. The zero-order chi connectivity index (χ0) is 13.8. The van der Waals surface area contributed by atoms with Crippen molar-refractivity contribution in [3.05, 3.63) is 29.6 Å². The summed E-state index contributed by atoms with van der Waals surface area (Å²) in [5.74, 6) is -1.71. The number of nitrogens with two attached hydrogens (primary N) is 1. The van der Waals surface area contributed by atoms with E-state index in [0.717, 1.165) is 12.1 Å². The maximum Gasteiger partial charge on any atom is 0.338 e. The van der Waals surface area contributed by atoms with Crippen LogP contribution in [0.1, 0.15) is 17.3 Å². The predicted molar refractivity (Wildman–Crippen MR) is 65.4 cm³/mol. The molecule has 0 aromatic heterocycles. The summed E-state index contributed by atoms with van der Waals surface area (Å²) in [6.07, 6.45) is 0. The third-order valence-electron chi connectivity index (χ3n) is 2.22.